The molecule has 2 heterocycles. The minimum Gasteiger partial charge on any atom is -0.357 e. The van der Waals surface area contributed by atoms with Gasteiger partial charge in [0.1, 0.15) is 5.82 Å². The molecule has 2 amide bonds. The summed E-state index contributed by atoms with van der Waals surface area (Å²) in [6, 6.07) is 11.3. The Balaban J connectivity index is 1.75. The quantitative estimate of drug-likeness (QED) is 0.838. The topological polar surface area (TPSA) is 74.3 Å². The van der Waals surface area contributed by atoms with E-state index in [2.05, 4.69) is 34.4 Å². The first kappa shape index (κ1) is 17.9. The predicted octanol–water partition coefficient (Wildman–Crippen LogP) is 2.67. The molecule has 136 valence electrons. The molecule has 1 aliphatic rings. The average molecular weight is 352 g/mol. The van der Waals surface area contributed by atoms with Gasteiger partial charge in [-0.3, -0.25) is 9.59 Å². The Bertz CT molecular complexity index is 802. The van der Waals surface area contributed by atoms with E-state index >= 15 is 0 Å². The summed E-state index contributed by atoms with van der Waals surface area (Å²) in [5, 5.41) is 5.81. The predicted molar refractivity (Wildman–Crippen MR) is 102 cm³/mol. The number of pyridine rings is 1. The third kappa shape index (κ3) is 3.69. The third-order valence-corrected chi connectivity index (χ3v) is 4.70. The van der Waals surface area contributed by atoms with Crippen LogP contribution in [-0.4, -0.2) is 29.9 Å². The molecule has 0 fully saturated rings. The van der Waals surface area contributed by atoms with E-state index in [4.69, 9.17) is 0 Å². The molecule has 3 rings (SSSR count). The number of nitrogens with zero attached hydrogens (tertiary/aromatic N) is 2. The number of carbonyl (C=O) groups excluding carboxylic acids is 2. The molecule has 0 spiro atoms. The van der Waals surface area contributed by atoms with Gasteiger partial charge >= 0.3 is 0 Å². The number of rotatable bonds is 6. The highest BCUT2D eigenvalue weighted by Crippen LogP contribution is 2.32. The molecule has 1 atom stereocenters. The Kier molecular flexibility index (Phi) is 5.51. The number of nitrogens with one attached hydrogen (secondary N) is 2. The van der Waals surface area contributed by atoms with Crippen molar-refractivity contribution in [3.8, 4) is 0 Å². The molecule has 26 heavy (non-hydrogen) atoms. The summed E-state index contributed by atoms with van der Waals surface area (Å²) in [5.74, 6) is 0.156. The molecule has 2 aromatic rings. The maximum absolute atomic E-state index is 12.8. The van der Waals surface area contributed by atoms with Crippen LogP contribution in [0.2, 0.25) is 0 Å². The third-order valence-electron chi connectivity index (χ3n) is 4.70. The van der Waals surface area contributed by atoms with Gasteiger partial charge in [0.05, 0.1) is 5.92 Å². The Hall–Kier alpha value is -2.89. The summed E-state index contributed by atoms with van der Waals surface area (Å²) in [5.41, 5.74) is 2.55. The van der Waals surface area contributed by atoms with Crippen LogP contribution in [0.25, 0.3) is 0 Å². The molecule has 6 nitrogen and oxygen atoms in total. The fraction of sp³-hybridized carbons (Fsp3) is 0.350. The number of para-hydroxylation sites is 1. The molecule has 6 heteroatoms. The van der Waals surface area contributed by atoms with Crippen LogP contribution in [0.4, 0.5) is 11.5 Å². The Morgan fingerprint density at radius 3 is 2.77 bits per heavy atom. The van der Waals surface area contributed by atoms with Crippen LogP contribution < -0.4 is 15.5 Å². The Labute approximate surface area is 153 Å². The van der Waals surface area contributed by atoms with Crippen LogP contribution in [-0.2, 0) is 16.1 Å². The monoisotopic (exact) mass is 352 g/mol. The fourth-order valence-electron chi connectivity index (χ4n) is 3.33. The second-order valence-electron chi connectivity index (χ2n) is 6.27. The van der Waals surface area contributed by atoms with Gasteiger partial charge in [0, 0.05) is 43.5 Å². The summed E-state index contributed by atoms with van der Waals surface area (Å²) >= 11 is 0. The van der Waals surface area contributed by atoms with Crippen LogP contribution in [0.15, 0.2) is 42.6 Å². The van der Waals surface area contributed by atoms with Gasteiger partial charge in [-0.15, -0.1) is 0 Å². The zero-order valence-electron chi connectivity index (χ0n) is 15.2. The van der Waals surface area contributed by atoms with Crippen LogP contribution >= 0.6 is 0 Å². The lowest BCUT2D eigenvalue weighted by Crippen LogP contribution is -2.35. The van der Waals surface area contributed by atoms with Crippen molar-refractivity contribution in [2.24, 2.45) is 0 Å². The number of aromatic nitrogens is 1. The second kappa shape index (κ2) is 7.99. The lowest BCUT2D eigenvalue weighted by Gasteiger charge is -2.26. The van der Waals surface area contributed by atoms with Crippen molar-refractivity contribution in [1.82, 2.24) is 10.3 Å². The molecular weight excluding hydrogens is 328 g/mol. The average Bonchev–Trinajstić information content (AvgIpc) is 2.67. The van der Waals surface area contributed by atoms with Gasteiger partial charge in [-0.05, 0) is 31.5 Å². The first-order chi connectivity index (χ1) is 12.6. The zero-order valence-corrected chi connectivity index (χ0v) is 15.2. The van der Waals surface area contributed by atoms with E-state index in [1.807, 2.05) is 36.4 Å². The lowest BCUT2D eigenvalue weighted by molar-refractivity contribution is -0.126. The van der Waals surface area contributed by atoms with E-state index in [0.29, 0.717) is 12.2 Å². The Morgan fingerprint density at radius 1 is 1.23 bits per heavy atom. The Morgan fingerprint density at radius 2 is 2.00 bits per heavy atom. The fourth-order valence-corrected chi connectivity index (χ4v) is 3.33. The van der Waals surface area contributed by atoms with Gasteiger partial charge in [0.15, 0.2) is 0 Å². The molecule has 1 aliphatic heterocycles. The van der Waals surface area contributed by atoms with Gasteiger partial charge < -0.3 is 15.5 Å². The van der Waals surface area contributed by atoms with Crippen molar-refractivity contribution < 1.29 is 9.59 Å². The van der Waals surface area contributed by atoms with Crippen molar-refractivity contribution in [2.75, 3.05) is 23.3 Å². The summed E-state index contributed by atoms with van der Waals surface area (Å²) in [6.45, 7) is 6.25. The lowest BCUT2D eigenvalue weighted by atomic mass is 9.90. The van der Waals surface area contributed by atoms with Crippen LogP contribution in [0.1, 0.15) is 37.3 Å². The van der Waals surface area contributed by atoms with Crippen molar-refractivity contribution in [3.05, 3.63) is 53.7 Å². The van der Waals surface area contributed by atoms with Gasteiger partial charge in [0.25, 0.3) is 0 Å². The number of hydrogen-bond acceptors (Lipinski definition) is 4. The maximum atomic E-state index is 12.8. The number of anilines is 2. The summed E-state index contributed by atoms with van der Waals surface area (Å²) in [4.78, 5) is 31.3. The van der Waals surface area contributed by atoms with E-state index in [9.17, 15) is 9.59 Å². The van der Waals surface area contributed by atoms with Crippen molar-refractivity contribution >= 4 is 23.3 Å². The normalized spacial score (nSPS) is 15.8. The van der Waals surface area contributed by atoms with Crippen LogP contribution in [0.3, 0.4) is 0 Å². The number of benzene rings is 1. The van der Waals surface area contributed by atoms with Crippen molar-refractivity contribution in [1.29, 1.82) is 0 Å². The molecule has 0 saturated heterocycles. The van der Waals surface area contributed by atoms with Crippen molar-refractivity contribution in [3.63, 3.8) is 0 Å². The second-order valence-corrected chi connectivity index (χ2v) is 6.27. The largest absolute Gasteiger partial charge is 0.357 e. The molecule has 1 aromatic heterocycles. The molecule has 0 saturated carbocycles. The molecule has 0 radical (unpaired) electrons. The molecular formula is C20H24N4O2. The van der Waals surface area contributed by atoms with Crippen LogP contribution in [0.5, 0.6) is 0 Å². The molecule has 0 bridgehead atoms. The zero-order chi connectivity index (χ0) is 18.5. The number of fused-ring (bicyclic) bond motifs is 1. The molecule has 0 unspecified atom stereocenters. The van der Waals surface area contributed by atoms with Gasteiger partial charge in [-0.2, -0.15) is 0 Å². The summed E-state index contributed by atoms with van der Waals surface area (Å²) in [7, 11) is 0. The van der Waals surface area contributed by atoms with E-state index in [1.54, 1.807) is 6.20 Å². The number of amides is 2. The first-order valence-corrected chi connectivity index (χ1v) is 8.99. The summed E-state index contributed by atoms with van der Waals surface area (Å²) in [6.07, 6.45) is 1.93. The number of hydrogen-bond donors (Lipinski definition) is 2. The SMILES string of the molecule is CCN(CC)c1ncccc1CNC(=O)[C@@H]1CC(=O)Nc2ccccc21. The maximum Gasteiger partial charge on any atom is 0.228 e. The van der Waals surface area contributed by atoms with E-state index in [-0.39, 0.29) is 18.2 Å². The van der Waals surface area contributed by atoms with Gasteiger partial charge in [-0.25, -0.2) is 4.98 Å². The smallest absolute Gasteiger partial charge is 0.228 e. The molecule has 0 aliphatic carbocycles. The van der Waals surface area contributed by atoms with Crippen LogP contribution in [0, 0.1) is 0 Å². The van der Waals surface area contributed by atoms with Crippen molar-refractivity contribution in [2.45, 2.75) is 32.7 Å². The van der Waals surface area contributed by atoms with Gasteiger partial charge in [-0.1, -0.05) is 24.3 Å². The molecule has 2 N–H and O–H groups in total. The van der Waals surface area contributed by atoms with E-state index < -0.39 is 5.92 Å². The number of carbonyl (C=O) groups is 2. The first-order valence-electron chi connectivity index (χ1n) is 8.99. The van der Waals surface area contributed by atoms with Gasteiger partial charge in [0.2, 0.25) is 11.8 Å². The minimum atomic E-state index is -0.464. The van der Waals surface area contributed by atoms with E-state index in [1.165, 1.54) is 0 Å². The highest BCUT2D eigenvalue weighted by molar-refractivity contribution is 6.01. The summed E-state index contributed by atoms with van der Waals surface area (Å²) < 4.78 is 0. The minimum absolute atomic E-state index is 0.131. The standard InChI is InChI=1S/C20H24N4O2/c1-3-24(4-2)19-14(8-7-11-21-19)13-22-20(26)16-12-18(25)23-17-10-6-5-9-15(16)17/h5-11,16H,3-4,12-13H2,1-2H3,(H,22,26)(H,23,25)/t16-/m1/s1. The van der Waals surface area contributed by atoms with E-state index in [0.717, 1.165) is 30.0 Å². The molecule has 1 aromatic carbocycles. The highest BCUT2D eigenvalue weighted by Gasteiger charge is 2.30. The highest BCUT2D eigenvalue weighted by atomic mass is 16.2.